The maximum Gasteiger partial charge on any atom is 0.352 e. The van der Waals surface area contributed by atoms with Gasteiger partial charge in [0.05, 0.1) is 5.37 Å². The highest BCUT2D eigenvalue weighted by atomic mass is 79.9. The molecule has 5 nitrogen and oxygen atoms in total. The largest absolute Gasteiger partial charge is 0.477 e. The minimum absolute atomic E-state index is 0.0260. The zero-order valence-electron chi connectivity index (χ0n) is 9.94. The van der Waals surface area contributed by atoms with E-state index in [0.717, 1.165) is 5.57 Å². The predicted octanol–water partition coefficient (Wildman–Crippen LogP) is 1.26. The van der Waals surface area contributed by atoms with Crippen LogP contribution in [0, 0.1) is 0 Å². The van der Waals surface area contributed by atoms with Crippen LogP contribution >= 0.6 is 27.7 Å². The van der Waals surface area contributed by atoms with E-state index in [-0.39, 0.29) is 17.0 Å². The first-order valence-corrected chi connectivity index (χ1v) is 7.40. The maximum absolute atomic E-state index is 12.0. The number of amides is 1. The van der Waals surface area contributed by atoms with Gasteiger partial charge in [0, 0.05) is 10.9 Å². The van der Waals surface area contributed by atoms with Gasteiger partial charge in [-0.2, -0.15) is 0 Å². The third-order valence-electron chi connectivity index (χ3n) is 2.98. The van der Waals surface area contributed by atoms with Crippen LogP contribution in [-0.4, -0.2) is 38.0 Å². The molecule has 3 N–H and O–H groups in total. The molecule has 2 heterocycles. The van der Waals surface area contributed by atoms with E-state index in [0.29, 0.717) is 16.5 Å². The predicted molar refractivity (Wildman–Crippen MR) is 73.0 cm³/mol. The van der Waals surface area contributed by atoms with E-state index in [1.54, 1.807) is 0 Å². The first-order chi connectivity index (χ1) is 8.40. The van der Waals surface area contributed by atoms with Gasteiger partial charge in [0.25, 0.3) is 5.91 Å². The Bertz CT molecular complexity index is 497. The van der Waals surface area contributed by atoms with Gasteiger partial charge < -0.3 is 10.8 Å². The summed E-state index contributed by atoms with van der Waals surface area (Å²) in [5.41, 5.74) is 8.11. The van der Waals surface area contributed by atoms with Crippen molar-refractivity contribution in [2.24, 2.45) is 5.73 Å². The molecule has 98 valence electrons. The number of carboxylic acids is 1. The zero-order chi connectivity index (χ0) is 13.6. The van der Waals surface area contributed by atoms with Crippen LogP contribution in [0.5, 0.6) is 0 Å². The Hall–Kier alpha value is -0.790. The van der Waals surface area contributed by atoms with Crippen molar-refractivity contribution in [1.82, 2.24) is 4.90 Å². The lowest BCUT2D eigenvalue weighted by molar-refractivity contribution is -0.141. The molecule has 1 amide bonds. The molecule has 7 heteroatoms. The van der Waals surface area contributed by atoms with Gasteiger partial charge in [0.15, 0.2) is 0 Å². The van der Waals surface area contributed by atoms with Crippen molar-refractivity contribution in [2.75, 3.05) is 5.33 Å². The van der Waals surface area contributed by atoms with Crippen molar-refractivity contribution in [2.45, 2.75) is 24.6 Å². The van der Waals surface area contributed by atoms with Crippen LogP contribution < -0.4 is 5.73 Å². The third kappa shape index (κ3) is 1.81. The molecule has 0 spiro atoms. The number of fused-ring (bicyclic) bond motifs is 1. The first-order valence-electron chi connectivity index (χ1n) is 5.34. The van der Waals surface area contributed by atoms with Crippen LogP contribution in [-0.2, 0) is 9.59 Å². The van der Waals surface area contributed by atoms with Gasteiger partial charge in [-0.05, 0) is 19.4 Å². The van der Waals surface area contributed by atoms with Gasteiger partial charge >= 0.3 is 5.97 Å². The van der Waals surface area contributed by atoms with E-state index in [1.165, 1.54) is 16.7 Å². The number of carbonyl (C=O) groups excluding carboxylic acids is 1. The molecule has 2 aliphatic rings. The van der Waals surface area contributed by atoms with Crippen molar-refractivity contribution in [3.8, 4) is 0 Å². The normalized spacial score (nSPS) is 27.0. The summed E-state index contributed by atoms with van der Waals surface area (Å²) in [6.07, 6.45) is 0. The van der Waals surface area contributed by atoms with Crippen LogP contribution in [0.1, 0.15) is 13.8 Å². The van der Waals surface area contributed by atoms with Crippen LogP contribution in [0.4, 0.5) is 0 Å². The van der Waals surface area contributed by atoms with Crippen molar-refractivity contribution in [1.29, 1.82) is 0 Å². The average molecular weight is 333 g/mol. The van der Waals surface area contributed by atoms with Gasteiger partial charge in [0.2, 0.25) is 0 Å². The molecule has 18 heavy (non-hydrogen) atoms. The van der Waals surface area contributed by atoms with Crippen molar-refractivity contribution in [3.05, 3.63) is 22.4 Å². The Labute approximate surface area is 117 Å². The van der Waals surface area contributed by atoms with Gasteiger partial charge in [-0.25, -0.2) is 4.79 Å². The summed E-state index contributed by atoms with van der Waals surface area (Å²) in [6.45, 7) is 3.70. The topological polar surface area (TPSA) is 83.6 Å². The SMILES string of the molecule is CC(C)=C1C(=O)N2C(C(=O)O)=C(CBr)C(N)S[C@H]12. The smallest absolute Gasteiger partial charge is 0.352 e. The second kappa shape index (κ2) is 4.71. The molecule has 2 aliphatic heterocycles. The van der Waals surface area contributed by atoms with Crippen LogP contribution in [0.3, 0.4) is 0 Å². The van der Waals surface area contributed by atoms with E-state index in [1.807, 2.05) is 13.8 Å². The van der Waals surface area contributed by atoms with E-state index < -0.39 is 11.3 Å². The van der Waals surface area contributed by atoms with Crippen molar-refractivity contribution >= 4 is 39.6 Å². The lowest BCUT2D eigenvalue weighted by atomic mass is 9.98. The number of alkyl halides is 1. The molecule has 0 radical (unpaired) electrons. The molecule has 0 aromatic carbocycles. The molecule has 1 unspecified atom stereocenters. The number of aliphatic carboxylic acids is 1. The summed E-state index contributed by atoms with van der Waals surface area (Å²) >= 11 is 4.63. The van der Waals surface area contributed by atoms with Crippen molar-refractivity contribution in [3.63, 3.8) is 0 Å². The van der Waals surface area contributed by atoms with E-state index in [9.17, 15) is 14.7 Å². The van der Waals surface area contributed by atoms with E-state index in [4.69, 9.17) is 5.73 Å². The standard InChI is InChI=1S/C11H13BrN2O3S/c1-4(2)6-9(15)14-7(11(16)17)5(3-12)8(13)18-10(6)14/h8,10H,3,13H2,1-2H3,(H,16,17)/t8?,10-/m1/s1. The number of hydrogen-bond donors (Lipinski definition) is 2. The second-order valence-corrected chi connectivity index (χ2v) is 6.10. The Kier molecular flexibility index (Phi) is 3.57. The Morgan fingerprint density at radius 3 is 2.61 bits per heavy atom. The molecule has 0 bridgehead atoms. The zero-order valence-corrected chi connectivity index (χ0v) is 12.3. The fourth-order valence-electron chi connectivity index (χ4n) is 2.10. The summed E-state index contributed by atoms with van der Waals surface area (Å²) in [5, 5.41) is 8.96. The molecule has 0 aromatic heterocycles. The minimum Gasteiger partial charge on any atom is -0.477 e. The molecule has 1 saturated heterocycles. The molecule has 0 aliphatic carbocycles. The highest BCUT2D eigenvalue weighted by molar-refractivity contribution is 9.09. The lowest BCUT2D eigenvalue weighted by Gasteiger charge is -2.48. The lowest BCUT2D eigenvalue weighted by Crippen LogP contribution is -2.58. The fourth-order valence-corrected chi connectivity index (χ4v) is 4.36. The molecule has 0 aromatic rings. The first kappa shape index (κ1) is 13.6. The summed E-state index contributed by atoms with van der Waals surface area (Å²) in [7, 11) is 0. The number of hydrogen-bond acceptors (Lipinski definition) is 4. The monoisotopic (exact) mass is 332 g/mol. The number of thioether (sulfide) groups is 1. The van der Waals surface area contributed by atoms with Gasteiger partial charge in [-0.1, -0.05) is 21.5 Å². The van der Waals surface area contributed by atoms with Crippen LogP contribution in [0.25, 0.3) is 0 Å². The number of rotatable bonds is 2. The number of nitrogens with two attached hydrogens (primary N) is 1. The number of halogens is 1. The molecule has 0 saturated carbocycles. The molecule has 2 atom stereocenters. The Morgan fingerprint density at radius 2 is 2.17 bits per heavy atom. The molecule has 1 fully saturated rings. The third-order valence-corrected chi connectivity index (χ3v) is 4.87. The Morgan fingerprint density at radius 1 is 1.56 bits per heavy atom. The van der Waals surface area contributed by atoms with Crippen LogP contribution in [0.2, 0.25) is 0 Å². The molecule has 2 rings (SSSR count). The number of nitrogens with zero attached hydrogens (tertiary/aromatic N) is 1. The van der Waals surface area contributed by atoms with Gasteiger partial charge in [-0.15, -0.1) is 11.8 Å². The van der Waals surface area contributed by atoms with E-state index in [2.05, 4.69) is 15.9 Å². The summed E-state index contributed by atoms with van der Waals surface area (Å²) in [6, 6.07) is 0. The number of carbonyl (C=O) groups is 2. The Balaban J connectivity index is 2.51. The van der Waals surface area contributed by atoms with Gasteiger partial charge in [0.1, 0.15) is 11.1 Å². The van der Waals surface area contributed by atoms with E-state index >= 15 is 0 Å². The summed E-state index contributed by atoms with van der Waals surface area (Å²) in [5.74, 6) is -1.33. The number of carboxylic acid groups (broad SMARTS) is 1. The highest BCUT2D eigenvalue weighted by Crippen LogP contribution is 2.46. The molecular formula is C11H13BrN2O3S. The quantitative estimate of drug-likeness (QED) is 0.452. The highest BCUT2D eigenvalue weighted by Gasteiger charge is 2.51. The number of β-lactam (4-membered cyclic amide) rings is 1. The van der Waals surface area contributed by atoms with Crippen LogP contribution in [0.15, 0.2) is 22.4 Å². The summed E-state index contributed by atoms with van der Waals surface area (Å²) < 4.78 is 0. The summed E-state index contributed by atoms with van der Waals surface area (Å²) in [4.78, 5) is 24.7. The van der Waals surface area contributed by atoms with Crippen molar-refractivity contribution < 1.29 is 14.7 Å². The second-order valence-electron chi connectivity index (χ2n) is 4.31. The average Bonchev–Trinajstić information content (AvgIpc) is 2.26. The number of allylic oxidation sites excluding steroid dienone is 1. The van der Waals surface area contributed by atoms with Gasteiger partial charge in [-0.3, -0.25) is 9.69 Å². The minimum atomic E-state index is -1.11. The fraction of sp³-hybridized carbons (Fsp3) is 0.455. The maximum atomic E-state index is 12.0. The molecular weight excluding hydrogens is 320 g/mol.